The Bertz CT molecular complexity index is 496. The zero-order chi connectivity index (χ0) is 14.4. The van der Waals surface area contributed by atoms with Gasteiger partial charge in [0.15, 0.2) is 0 Å². The van der Waals surface area contributed by atoms with Crippen LogP contribution in [0.4, 0.5) is 0 Å². The number of nitrogens with one attached hydrogen (secondary N) is 1. The van der Waals surface area contributed by atoms with E-state index in [9.17, 15) is 5.11 Å². The molecule has 1 aromatic heterocycles. The maximum Gasteiger partial charge on any atom is 0.125 e. The van der Waals surface area contributed by atoms with Crippen LogP contribution in [0.2, 0.25) is 0 Å². The van der Waals surface area contributed by atoms with Crippen LogP contribution < -0.4 is 5.32 Å². The molecule has 2 unspecified atom stereocenters. The molecule has 0 aliphatic carbocycles. The lowest BCUT2D eigenvalue weighted by Crippen LogP contribution is -2.25. The van der Waals surface area contributed by atoms with Crippen molar-refractivity contribution in [3.63, 3.8) is 0 Å². The molecule has 0 radical (unpaired) electrons. The van der Waals surface area contributed by atoms with Crippen molar-refractivity contribution in [1.29, 1.82) is 0 Å². The number of furan rings is 1. The molecule has 2 N–H and O–H groups in total. The van der Waals surface area contributed by atoms with E-state index >= 15 is 0 Å². The van der Waals surface area contributed by atoms with Crippen LogP contribution in [0.1, 0.15) is 37.1 Å². The van der Waals surface area contributed by atoms with E-state index in [0.717, 1.165) is 35.2 Å². The van der Waals surface area contributed by atoms with Crippen molar-refractivity contribution in [2.75, 3.05) is 6.54 Å². The van der Waals surface area contributed by atoms with Crippen LogP contribution >= 0.6 is 15.9 Å². The molecule has 0 bridgehead atoms. The minimum absolute atomic E-state index is 0.0159. The maximum absolute atomic E-state index is 9.64. The van der Waals surface area contributed by atoms with Crippen LogP contribution in [0.15, 0.2) is 51.6 Å². The fourth-order valence-corrected chi connectivity index (χ4v) is 2.36. The van der Waals surface area contributed by atoms with Gasteiger partial charge in [0.2, 0.25) is 0 Å². The van der Waals surface area contributed by atoms with Crippen molar-refractivity contribution in [2.24, 2.45) is 0 Å². The maximum atomic E-state index is 9.64. The van der Waals surface area contributed by atoms with Crippen LogP contribution in [-0.2, 0) is 0 Å². The number of rotatable bonds is 7. The first-order valence-electron chi connectivity index (χ1n) is 6.91. The Morgan fingerprint density at radius 3 is 2.60 bits per heavy atom. The van der Waals surface area contributed by atoms with Crippen molar-refractivity contribution in [1.82, 2.24) is 5.32 Å². The van der Waals surface area contributed by atoms with Crippen LogP contribution in [0.3, 0.4) is 0 Å². The van der Waals surface area contributed by atoms with Gasteiger partial charge in [-0.1, -0.05) is 35.0 Å². The first-order chi connectivity index (χ1) is 9.70. The molecule has 0 aliphatic rings. The van der Waals surface area contributed by atoms with E-state index in [1.54, 1.807) is 6.26 Å². The van der Waals surface area contributed by atoms with Gasteiger partial charge in [-0.3, -0.25) is 0 Å². The second kappa shape index (κ2) is 7.62. The smallest absolute Gasteiger partial charge is 0.125 e. The molecule has 0 amide bonds. The van der Waals surface area contributed by atoms with E-state index in [4.69, 9.17) is 4.42 Å². The first kappa shape index (κ1) is 15.3. The monoisotopic (exact) mass is 337 g/mol. The highest BCUT2D eigenvalue weighted by Crippen LogP contribution is 2.24. The molecule has 3 nitrogen and oxygen atoms in total. The van der Waals surface area contributed by atoms with E-state index in [2.05, 4.69) is 33.4 Å². The van der Waals surface area contributed by atoms with Gasteiger partial charge in [0.05, 0.1) is 18.4 Å². The highest BCUT2D eigenvalue weighted by Gasteiger charge is 2.16. The summed E-state index contributed by atoms with van der Waals surface area (Å²) in [6.45, 7) is 2.74. The summed E-state index contributed by atoms with van der Waals surface area (Å²) in [5.41, 5.74) is 1.15. The number of hydrogen-bond acceptors (Lipinski definition) is 3. The van der Waals surface area contributed by atoms with Gasteiger partial charge in [0.25, 0.3) is 0 Å². The topological polar surface area (TPSA) is 45.4 Å². The molecule has 2 aromatic rings. The van der Waals surface area contributed by atoms with Crippen molar-refractivity contribution in [3.8, 4) is 0 Å². The molecule has 2 rings (SSSR count). The predicted molar refractivity (Wildman–Crippen MR) is 83.6 cm³/mol. The standard InChI is InChI=1S/C16H20BrNO2/c1-2-14(19)9-10-18-16(15-4-3-11-20-15)12-5-7-13(17)8-6-12/h3-8,11,14,16,18-19H,2,9-10H2,1H3. The normalized spacial score (nSPS) is 14.2. The number of aliphatic hydroxyl groups is 1. The Hall–Kier alpha value is -1.10. The van der Waals surface area contributed by atoms with Gasteiger partial charge in [0, 0.05) is 4.47 Å². The third kappa shape index (κ3) is 4.20. The third-order valence-corrected chi connectivity index (χ3v) is 3.86. The zero-order valence-corrected chi connectivity index (χ0v) is 13.1. The van der Waals surface area contributed by atoms with Gasteiger partial charge >= 0.3 is 0 Å². The van der Waals surface area contributed by atoms with Crippen LogP contribution in [0, 0.1) is 0 Å². The summed E-state index contributed by atoms with van der Waals surface area (Å²) in [5, 5.41) is 13.1. The summed E-state index contributed by atoms with van der Waals surface area (Å²) in [7, 11) is 0. The van der Waals surface area contributed by atoms with Crippen molar-refractivity contribution < 1.29 is 9.52 Å². The second-order valence-electron chi connectivity index (χ2n) is 4.80. The first-order valence-corrected chi connectivity index (χ1v) is 7.70. The van der Waals surface area contributed by atoms with Crippen molar-refractivity contribution in [3.05, 3.63) is 58.5 Å². The van der Waals surface area contributed by atoms with E-state index in [-0.39, 0.29) is 12.1 Å². The zero-order valence-electron chi connectivity index (χ0n) is 11.6. The molecule has 2 atom stereocenters. The van der Waals surface area contributed by atoms with E-state index in [1.807, 2.05) is 31.2 Å². The van der Waals surface area contributed by atoms with E-state index in [0.29, 0.717) is 0 Å². The Morgan fingerprint density at radius 1 is 1.25 bits per heavy atom. The summed E-state index contributed by atoms with van der Waals surface area (Å²) >= 11 is 3.45. The number of hydrogen-bond donors (Lipinski definition) is 2. The van der Waals surface area contributed by atoms with Crippen LogP contribution in [-0.4, -0.2) is 17.8 Å². The average Bonchev–Trinajstić information content (AvgIpc) is 2.98. The largest absolute Gasteiger partial charge is 0.467 e. The lowest BCUT2D eigenvalue weighted by atomic mass is 10.0. The molecule has 0 spiro atoms. The lowest BCUT2D eigenvalue weighted by molar-refractivity contribution is 0.158. The molecule has 1 aromatic carbocycles. The predicted octanol–water partition coefficient (Wildman–Crippen LogP) is 3.88. The minimum Gasteiger partial charge on any atom is -0.467 e. The van der Waals surface area contributed by atoms with Gasteiger partial charge in [-0.25, -0.2) is 0 Å². The van der Waals surface area contributed by atoms with E-state index in [1.165, 1.54) is 0 Å². The third-order valence-electron chi connectivity index (χ3n) is 3.33. The summed E-state index contributed by atoms with van der Waals surface area (Å²) in [5.74, 6) is 0.887. The summed E-state index contributed by atoms with van der Waals surface area (Å²) < 4.78 is 6.58. The Labute approximate surface area is 128 Å². The molecule has 0 fully saturated rings. The molecular formula is C16H20BrNO2. The summed E-state index contributed by atoms with van der Waals surface area (Å²) in [6, 6.07) is 12.1. The molecule has 20 heavy (non-hydrogen) atoms. The number of benzene rings is 1. The molecular weight excluding hydrogens is 318 g/mol. The van der Waals surface area contributed by atoms with Gasteiger partial charge in [-0.05, 0) is 49.2 Å². The van der Waals surface area contributed by atoms with Gasteiger partial charge in [-0.15, -0.1) is 0 Å². The quantitative estimate of drug-likeness (QED) is 0.805. The fraction of sp³-hybridized carbons (Fsp3) is 0.375. The Balaban J connectivity index is 2.07. The molecule has 1 heterocycles. The fourth-order valence-electron chi connectivity index (χ4n) is 2.09. The minimum atomic E-state index is -0.246. The Kier molecular flexibility index (Phi) is 5.83. The number of halogens is 1. The van der Waals surface area contributed by atoms with Crippen molar-refractivity contribution >= 4 is 15.9 Å². The molecule has 0 saturated carbocycles. The molecule has 0 aliphatic heterocycles. The van der Waals surface area contributed by atoms with E-state index < -0.39 is 0 Å². The molecule has 0 saturated heterocycles. The summed E-state index contributed by atoms with van der Waals surface area (Å²) in [6.07, 6.45) is 2.96. The lowest BCUT2D eigenvalue weighted by Gasteiger charge is -2.18. The highest BCUT2D eigenvalue weighted by molar-refractivity contribution is 9.10. The molecule has 108 valence electrons. The summed E-state index contributed by atoms with van der Waals surface area (Å²) in [4.78, 5) is 0. The Morgan fingerprint density at radius 2 is 2.00 bits per heavy atom. The van der Waals surface area contributed by atoms with Crippen LogP contribution in [0.25, 0.3) is 0 Å². The van der Waals surface area contributed by atoms with Gasteiger partial charge in [-0.2, -0.15) is 0 Å². The highest BCUT2D eigenvalue weighted by atomic mass is 79.9. The van der Waals surface area contributed by atoms with Crippen molar-refractivity contribution in [2.45, 2.75) is 31.9 Å². The van der Waals surface area contributed by atoms with Crippen LogP contribution in [0.5, 0.6) is 0 Å². The average molecular weight is 338 g/mol. The SMILES string of the molecule is CCC(O)CCNC(c1ccc(Br)cc1)c1ccco1. The second-order valence-corrected chi connectivity index (χ2v) is 5.72. The van der Waals surface area contributed by atoms with Gasteiger partial charge < -0.3 is 14.8 Å². The number of aliphatic hydroxyl groups excluding tert-OH is 1. The molecule has 4 heteroatoms. The van der Waals surface area contributed by atoms with Gasteiger partial charge in [0.1, 0.15) is 5.76 Å².